The van der Waals surface area contributed by atoms with Gasteiger partial charge in [-0.05, 0) is 42.1 Å². The molecular weight excluding hydrogens is 379 g/mol. The van der Waals surface area contributed by atoms with E-state index in [0.29, 0.717) is 23.2 Å². The van der Waals surface area contributed by atoms with Crippen LogP contribution in [0, 0.1) is 5.82 Å². The van der Waals surface area contributed by atoms with Crippen molar-refractivity contribution in [3.05, 3.63) is 84.3 Å². The number of aromatic nitrogens is 2. The third kappa shape index (κ3) is 3.36. The van der Waals surface area contributed by atoms with Crippen molar-refractivity contribution in [2.24, 2.45) is 0 Å². The van der Waals surface area contributed by atoms with E-state index in [1.807, 2.05) is 25.1 Å². The largest absolute Gasteiger partial charge is 0.358 e. The zero-order chi connectivity index (χ0) is 19.7. The summed E-state index contributed by atoms with van der Waals surface area (Å²) < 4.78 is 46.1. The fourth-order valence-electron chi connectivity index (χ4n) is 2.98. The summed E-state index contributed by atoms with van der Waals surface area (Å²) >= 11 is 0. The molecule has 0 spiro atoms. The first-order valence-electron chi connectivity index (χ1n) is 8.75. The maximum absolute atomic E-state index is 13.3. The Morgan fingerprint density at radius 1 is 1.00 bits per heavy atom. The number of benzene rings is 3. The van der Waals surface area contributed by atoms with Gasteiger partial charge in [-0.2, -0.15) is 18.2 Å². The summed E-state index contributed by atoms with van der Waals surface area (Å²) in [6, 6.07) is 19.4. The number of fused-ring (bicyclic) bond motifs is 1. The third-order valence-electron chi connectivity index (χ3n) is 4.37. The highest BCUT2D eigenvalue weighted by Gasteiger charge is 2.23. The molecule has 0 fully saturated rings. The Morgan fingerprint density at radius 2 is 1.71 bits per heavy atom. The Balaban J connectivity index is 1.80. The van der Waals surface area contributed by atoms with E-state index in [4.69, 9.17) is 4.18 Å². The molecule has 3 aromatic carbocycles. The lowest BCUT2D eigenvalue weighted by atomic mass is 10.1. The first kappa shape index (κ1) is 18.2. The second-order valence-electron chi connectivity index (χ2n) is 6.23. The predicted octanol–water partition coefficient (Wildman–Crippen LogP) is 4.49. The minimum Gasteiger partial charge on any atom is -0.358 e. The van der Waals surface area contributed by atoms with Crippen molar-refractivity contribution in [2.75, 3.05) is 0 Å². The smallest absolute Gasteiger partial charge is 0.341 e. The van der Waals surface area contributed by atoms with E-state index < -0.39 is 15.9 Å². The van der Waals surface area contributed by atoms with Crippen LogP contribution in [0.1, 0.15) is 12.6 Å². The lowest BCUT2D eigenvalue weighted by Crippen LogP contribution is -2.13. The van der Waals surface area contributed by atoms with Crippen molar-refractivity contribution < 1.29 is 17.0 Å². The van der Waals surface area contributed by atoms with Gasteiger partial charge in [0, 0.05) is 11.5 Å². The topological polar surface area (TPSA) is 61.2 Å². The quantitative estimate of drug-likeness (QED) is 0.466. The average molecular weight is 396 g/mol. The molecule has 0 saturated carbocycles. The molecule has 5 nitrogen and oxygen atoms in total. The molecule has 28 heavy (non-hydrogen) atoms. The van der Waals surface area contributed by atoms with E-state index in [-0.39, 0.29) is 10.8 Å². The van der Waals surface area contributed by atoms with Crippen LogP contribution in [0.15, 0.2) is 77.7 Å². The van der Waals surface area contributed by atoms with E-state index in [9.17, 15) is 12.8 Å². The fraction of sp³-hybridized carbons (Fsp3) is 0.0952. The van der Waals surface area contributed by atoms with Crippen LogP contribution in [0.2, 0.25) is 0 Å². The summed E-state index contributed by atoms with van der Waals surface area (Å²) in [5.74, 6) is -0.339. The molecule has 0 bridgehead atoms. The molecule has 0 aliphatic heterocycles. The molecule has 0 radical (unpaired) electrons. The molecular formula is C21H17FN2O3S. The zero-order valence-electron chi connectivity index (χ0n) is 15.0. The van der Waals surface area contributed by atoms with Crippen LogP contribution in [0.25, 0.3) is 16.5 Å². The van der Waals surface area contributed by atoms with Crippen LogP contribution in [-0.4, -0.2) is 18.2 Å². The van der Waals surface area contributed by atoms with Crippen LogP contribution in [0.3, 0.4) is 0 Å². The van der Waals surface area contributed by atoms with Gasteiger partial charge in [-0.25, -0.2) is 4.39 Å². The zero-order valence-corrected chi connectivity index (χ0v) is 15.9. The maximum Gasteiger partial charge on any atom is 0.341 e. The molecule has 0 aliphatic carbocycles. The molecule has 1 heterocycles. The van der Waals surface area contributed by atoms with Crippen LogP contribution in [0.5, 0.6) is 5.88 Å². The monoisotopic (exact) mass is 396 g/mol. The number of nitrogens with zero attached hydrogens (tertiary/aromatic N) is 2. The normalized spacial score (nSPS) is 11.6. The molecule has 4 aromatic rings. The lowest BCUT2D eigenvalue weighted by Gasteiger charge is -2.11. The lowest BCUT2D eigenvalue weighted by molar-refractivity contribution is 0.465. The number of rotatable bonds is 5. The maximum atomic E-state index is 13.3. The van der Waals surface area contributed by atoms with E-state index >= 15 is 0 Å². The van der Waals surface area contributed by atoms with E-state index in [1.165, 1.54) is 35.0 Å². The Labute approximate surface area is 162 Å². The van der Waals surface area contributed by atoms with Gasteiger partial charge in [-0.1, -0.05) is 43.3 Å². The van der Waals surface area contributed by atoms with Gasteiger partial charge in [0.15, 0.2) is 0 Å². The average Bonchev–Trinajstić information content (AvgIpc) is 3.10. The molecule has 0 amide bonds. The molecule has 7 heteroatoms. The first-order valence-corrected chi connectivity index (χ1v) is 10.2. The van der Waals surface area contributed by atoms with Gasteiger partial charge in [0.2, 0.25) is 5.88 Å². The predicted molar refractivity (Wildman–Crippen MR) is 105 cm³/mol. The van der Waals surface area contributed by atoms with E-state index in [2.05, 4.69) is 5.10 Å². The fourth-order valence-corrected chi connectivity index (χ4v) is 4.11. The molecule has 0 unspecified atom stereocenters. The van der Waals surface area contributed by atoms with Gasteiger partial charge in [-0.3, -0.25) is 0 Å². The summed E-state index contributed by atoms with van der Waals surface area (Å²) in [6.07, 6.45) is 0.596. The van der Waals surface area contributed by atoms with Gasteiger partial charge >= 0.3 is 10.1 Å². The third-order valence-corrected chi connectivity index (χ3v) is 5.66. The SMILES string of the molecule is CCc1cc(OS(=O)(=O)c2cccc3ccccc23)n(-c2ccc(F)cc2)n1. The van der Waals surface area contributed by atoms with Gasteiger partial charge in [0.05, 0.1) is 11.4 Å². The van der Waals surface area contributed by atoms with Crippen molar-refractivity contribution in [1.82, 2.24) is 9.78 Å². The van der Waals surface area contributed by atoms with Gasteiger partial charge in [-0.15, -0.1) is 0 Å². The summed E-state index contributed by atoms with van der Waals surface area (Å²) in [6.45, 7) is 1.90. The highest BCUT2D eigenvalue weighted by molar-refractivity contribution is 7.87. The van der Waals surface area contributed by atoms with Crippen molar-refractivity contribution >= 4 is 20.9 Å². The van der Waals surface area contributed by atoms with Gasteiger partial charge in [0.1, 0.15) is 10.7 Å². The van der Waals surface area contributed by atoms with Crippen molar-refractivity contribution in [2.45, 2.75) is 18.2 Å². The Kier molecular flexibility index (Phi) is 4.60. The van der Waals surface area contributed by atoms with Crippen molar-refractivity contribution in [3.8, 4) is 11.6 Å². The molecule has 1 aromatic heterocycles. The van der Waals surface area contributed by atoms with Crippen LogP contribution < -0.4 is 4.18 Å². The standard InChI is InChI=1S/C21H17FN2O3S/c1-2-17-14-21(24(23-17)18-12-10-16(22)11-13-18)27-28(25,26)20-9-5-7-15-6-3-4-8-19(15)20/h3-14H,2H2,1H3. The van der Waals surface area contributed by atoms with Gasteiger partial charge in [0.25, 0.3) is 0 Å². The Hall–Kier alpha value is -3.19. The van der Waals surface area contributed by atoms with E-state index in [1.54, 1.807) is 24.3 Å². The summed E-state index contributed by atoms with van der Waals surface area (Å²) in [5, 5.41) is 5.75. The summed E-state index contributed by atoms with van der Waals surface area (Å²) in [4.78, 5) is 0.0792. The molecule has 0 N–H and O–H groups in total. The van der Waals surface area contributed by atoms with Crippen LogP contribution in [-0.2, 0) is 16.5 Å². The second kappa shape index (κ2) is 7.09. The number of halogens is 1. The van der Waals surface area contributed by atoms with Gasteiger partial charge < -0.3 is 4.18 Å². The Morgan fingerprint density at radius 3 is 2.46 bits per heavy atom. The number of aryl methyl sites for hydroxylation is 1. The second-order valence-corrected chi connectivity index (χ2v) is 7.75. The minimum absolute atomic E-state index is 0.0522. The highest BCUT2D eigenvalue weighted by Crippen LogP contribution is 2.28. The summed E-state index contributed by atoms with van der Waals surface area (Å²) in [5.41, 5.74) is 1.16. The number of hydrogen-bond acceptors (Lipinski definition) is 4. The molecule has 0 saturated heterocycles. The van der Waals surface area contributed by atoms with Crippen LogP contribution in [0.4, 0.5) is 4.39 Å². The molecule has 0 aliphatic rings. The van der Waals surface area contributed by atoms with Crippen LogP contribution >= 0.6 is 0 Å². The minimum atomic E-state index is -4.11. The Bertz CT molecular complexity index is 1240. The number of hydrogen-bond donors (Lipinski definition) is 0. The molecule has 0 atom stereocenters. The highest BCUT2D eigenvalue weighted by atomic mass is 32.2. The van der Waals surface area contributed by atoms with Crippen molar-refractivity contribution in [1.29, 1.82) is 0 Å². The van der Waals surface area contributed by atoms with Crippen molar-refractivity contribution in [3.63, 3.8) is 0 Å². The molecule has 142 valence electrons. The first-order chi connectivity index (χ1) is 13.5. The van der Waals surface area contributed by atoms with E-state index in [0.717, 1.165) is 5.39 Å². The molecule has 4 rings (SSSR count). The summed E-state index contributed by atoms with van der Waals surface area (Å²) in [7, 11) is -4.11.